The molecule has 0 fully saturated rings. The topological polar surface area (TPSA) is 20.2 Å². The Labute approximate surface area is 101 Å². The molecule has 1 N–H and O–H groups in total. The average Bonchev–Trinajstić information content (AvgIpc) is 2.20. The number of rotatable bonds is 3. The second-order valence-corrected chi connectivity index (χ2v) is 5.71. The van der Waals surface area contributed by atoms with Crippen LogP contribution in [0.2, 0.25) is 0 Å². The molecule has 1 aromatic carbocycles. The standard InChI is InChI=1S/C14H20F2O/c1-9-5-6-10(15)12(13(9)16)11(17)7-8-14(2,3)4/h5-6,11,17H,7-8H2,1-4H3. The van der Waals surface area contributed by atoms with Gasteiger partial charge in [0.25, 0.3) is 0 Å². The summed E-state index contributed by atoms with van der Waals surface area (Å²) in [5.41, 5.74) is 0.197. The van der Waals surface area contributed by atoms with Gasteiger partial charge in [-0.2, -0.15) is 0 Å². The highest BCUT2D eigenvalue weighted by molar-refractivity contribution is 5.28. The second kappa shape index (κ2) is 5.13. The fraction of sp³-hybridized carbons (Fsp3) is 0.571. The van der Waals surface area contributed by atoms with Gasteiger partial charge in [0.2, 0.25) is 0 Å². The lowest BCUT2D eigenvalue weighted by atomic mass is 9.87. The van der Waals surface area contributed by atoms with Gasteiger partial charge < -0.3 is 5.11 Å². The van der Waals surface area contributed by atoms with Crippen LogP contribution in [0.3, 0.4) is 0 Å². The largest absolute Gasteiger partial charge is 0.388 e. The molecule has 3 heteroatoms. The van der Waals surface area contributed by atoms with Crippen LogP contribution in [0.15, 0.2) is 12.1 Å². The Morgan fingerprint density at radius 3 is 2.35 bits per heavy atom. The van der Waals surface area contributed by atoms with Crippen molar-refractivity contribution in [3.63, 3.8) is 0 Å². The monoisotopic (exact) mass is 242 g/mol. The minimum atomic E-state index is -1.07. The molecule has 1 atom stereocenters. The van der Waals surface area contributed by atoms with Crippen molar-refractivity contribution in [2.24, 2.45) is 5.41 Å². The maximum absolute atomic E-state index is 13.7. The van der Waals surface area contributed by atoms with E-state index in [-0.39, 0.29) is 11.0 Å². The molecule has 1 rings (SSSR count). The van der Waals surface area contributed by atoms with Crippen LogP contribution >= 0.6 is 0 Å². The van der Waals surface area contributed by atoms with Gasteiger partial charge in [0.05, 0.1) is 11.7 Å². The van der Waals surface area contributed by atoms with E-state index in [4.69, 9.17) is 0 Å². The molecule has 0 aromatic heterocycles. The van der Waals surface area contributed by atoms with Crippen molar-refractivity contribution in [1.29, 1.82) is 0 Å². The summed E-state index contributed by atoms with van der Waals surface area (Å²) >= 11 is 0. The maximum Gasteiger partial charge on any atom is 0.134 e. The van der Waals surface area contributed by atoms with Crippen molar-refractivity contribution in [1.82, 2.24) is 0 Å². The number of aliphatic hydroxyl groups is 1. The third kappa shape index (κ3) is 3.77. The minimum absolute atomic E-state index is 0.0394. The van der Waals surface area contributed by atoms with E-state index in [1.807, 2.05) is 20.8 Å². The molecule has 0 aliphatic carbocycles. The Bertz CT molecular complexity index is 394. The van der Waals surface area contributed by atoms with Gasteiger partial charge in [0.1, 0.15) is 11.6 Å². The van der Waals surface area contributed by atoms with E-state index in [9.17, 15) is 13.9 Å². The van der Waals surface area contributed by atoms with E-state index in [2.05, 4.69) is 0 Å². The van der Waals surface area contributed by atoms with Crippen LogP contribution < -0.4 is 0 Å². The van der Waals surface area contributed by atoms with Crippen molar-refractivity contribution in [3.8, 4) is 0 Å². The summed E-state index contributed by atoms with van der Waals surface area (Å²) in [4.78, 5) is 0. The number of halogens is 2. The van der Waals surface area contributed by atoms with Crippen LogP contribution in [-0.4, -0.2) is 5.11 Å². The predicted octanol–water partition coefficient (Wildman–Crippen LogP) is 4.13. The number of benzene rings is 1. The molecule has 0 amide bonds. The zero-order valence-corrected chi connectivity index (χ0v) is 10.8. The van der Waals surface area contributed by atoms with E-state index in [1.165, 1.54) is 12.1 Å². The Kier molecular flexibility index (Phi) is 4.26. The molecule has 0 radical (unpaired) electrons. The predicted molar refractivity (Wildman–Crippen MR) is 64.7 cm³/mol. The SMILES string of the molecule is Cc1ccc(F)c(C(O)CCC(C)(C)C)c1F. The van der Waals surface area contributed by atoms with Crippen LogP contribution in [0.4, 0.5) is 8.78 Å². The lowest BCUT2D eigenvalue weighted by molar-refractivity contribution is 0.139. The molecule has 0 bridgehead atoms. The molecule has 0 aliphatic rings. The fourth-order valence-electron chi connectivity index (χ4n) is 1.70. The van der Waals surface area contributed by atoms with Gasteiger partial charge in [-0.3, -0.25) is 0 Å². The molecule has 0 spiro atoms. The van der Waals surface area contributed by atoms with Crippen LogP contribution in [0.25, 0.3) is 0 Å². The maximum atomic E-state index is 13.7. The molecule has 0 saturated heterocycles. The quantitative estimate of drug-likeness (QED) is 0.844. The smallest absolute Gasteiger partial charge is 0.134 e. The van der Waals surface area contributed by atoms with E-state index in [0.717, 1.165) is 0 Å². The second-order valence-electron chi connectivity index (χ2n) is 5.71. The summed E-state index contributed by atoms with van der Waals surface area (Å²) in [5, 5.41) is 9.89. The zero-order valence-electron chi connectivity index (χ0n) is 10.8. The van der Waals surface area contributed by atoms with Gasteiger partial charge in [0.15, 0.2) is 0 Å². The Morgan fingerprint density at radius 2 is 1.82 bits per heavy atom. The minimum Gasteiger partial charge on any atom is -0.388 e. The molecule has 1 nitrogen and oxygen atoms in total. The van der Waals surface area contributed by atoms with Crippen molar-refractivity contribution in [2.75, 3.05) is 0 Å². The summed E-state index contributed by atoms with van der Waals surface area (Å²) in [5.74, 6) is -1.30. The fourth-order valence-corrected chi connectivity index (χ4v) is 1.70. The Hall–Kier alpha value is -0.960. The number of aryl methyl sites for hydroxylation is 1. The first kappa shape index (κ1) is 14.1. The first-order valence-corrected chi connectivity index (χ1v) is 5.85. The van der Waals surface area contributed by atoms with Gasteiger partial charge in [0, 0.05) is 0 Å². The van der Waals surface area contributed by atoms with Crippen molar-refractivity contribution >= 4 is 0 Å². The molecular weight excluding hydrogens is 222 g/mol. The highest BCUT2D eigenvalue weighted by atomic mass is 19.1. The summed E-state index contributed by atoms with van der Waals surface area (Å²) in [6.45, 7) is 7.66. The Morgan fingerprint density at radius 1 is 1.24 bits per heavy atom. The Balaban J connectivity index is 2.89. The number of hydrogen-bond acceptors (Lipinski definition) is 1. The third-order valence-corrected chi connectivity index (χ3v) is 2.82. The molecule has 1 aromatic rings. The van der Waals surface area contributed by atoms with Crippen LogP contribution in [0, 0.1) is 24.0 Å². The van der Waals surface area contributed by atoms with Crippen molar-refractivity contribution in [2.45, 2.75) is 46.6 Å². The zero-order chi connectivity index (χ0) is 13.2. The van der Waals surface area contributed by atoms with Gasteiger partial charge >= 0.3 is 0 Å². The van der Waals surface area contributed by atoms with Crippen LogP contribution in [0.1, 0.15) is 50.8 Å². The first-order chi connectivity index (χ1) is 7.72. The molecule has 1 unspecified atom stereocenters. The summed E-state index contributed by atoms with van der Waals surface area (Å²) in [6, 6.07) is 2.58. The van der Waals surface area contributed by atoms with Crippen LogP contribution in [-0.2, 0) is 0 Å². The van der Waals surface area contributed by atoms with Crippen molar-refractivity contribution in [3.05, 3.63) is 34.9 Å². The van der Waals surface area contributed by atoms with E-state index >= 15 is 0 Å². The lowest BCUT2D eigenvalue weighted by Gasteiger charge is -2.21. The highest BCUT2D eigenvalue weighted by Crippen LogP contribution is 2.30. The number of hydrogen-bond donors (Lipinski definition) is 1. The molecular formula is C14H20F2O. The average molecular weight is 242 g/mol. The summed E-state index contributed by atoms with van der Waals surface area (Å²) < 4.78 is 27.2. The van der Waals surface area contributed by atoms with Gasteiger partial charge in [-0.05, 0) is 36.8 Å². The molecule has 96 valence electrons. The van der Waals surface area contributed by atoms with E-state index in [0.29, 0.717) is 18.4 Å². The van der Waals surface area contributed by atoms with Crippen LogP contribution in [0.5, 0.6) is 0 Å². The number of aliphatic hydroxyl groups excluding tert-OH is 1. The van der Waals surface area contributed by atoms with Gasteiger partial charge in [-0.1, -0.05) is 26.8 Å². The first-order valence-electron chi connectivity index (χ1n) is 5.85. The van der Waals surface area contributed by atoms with E-state index in [1.54, 1.807) is 6.92 Å². The summed E-state index contributed by atoms with van der Waals surface area (Å²) in [6.07, 6.45) is -0.00367. The third-order valence-electron chi connectivity index (χ3n) is 2.82. The van der Waals surface area contributed by atoms with E-state index < -0.39 is 17.7 Å². The normalized spacial score (nSPS) is 13.8. The molecule has 0 aliphatic heterocycles. The van der Waals surface area contributed by atoms with Gasteiger partial charge in [-0.25, -0.2) is 8.78 Å². The highest BCUT2D eigenvalue weighted by Gasteiger charge is 2.21. The molecule has 17 heavy (non-hydrogen) atoms. The lowest BCUT2D eigenvalue weighted by Crippen LogP contribution is -2.11. The molecule has 0 heterocycles. The van der Waals surface area contributed by atoms with Gasteiger partial charge in [-0.15, -0.1) is 0 Å². The van der Waals surface area contributed by atoms with Crippen molar-refractivity contribution < 1.29 is 13.9 Å². The summed E-state index contributed by atoms with van der Waals surface area (Å²) in [7, 11) is 0. The molecule has 0 saturated carbocycles.